The van der Waals surface area contributed by atoms with Gasteiger partial charge < -0.3 is 9.84 Å². The summed E-state index contributed by atoms with van der Waals surface area (Å²) in [5.41, 5.74) is -0.0612. The van der Waals surface area contributed by atoms with Crippen LogP contribution in [-0.4, -0.2) is 20.6 Å². The summed E-state index contributed by atoms with van der Waals surface area (Å²) in [7, 11) is 2.42. The summed E-state index contributed by atoms with van der Waals surface area (Å²) in [4.78, 5) is 0. The molecule has 0 aromatic heterocycles. The lowest BCUT2D eigenvalue weighted by Gasteiger charge is -2.08. The minimum Gasteiger partial charge on any atom is -0.507 e. The van der Waals surface area contributed by atoms with Crippen molar-refractivity contribution in [2.24, 2.45) is 0 Å². The summed E-state index contributed by atoms with van der Waals surface area (Å²) in [6.07, 6.45) is 0. The highest BCUT2D eigenvalue weighted by Gasteiger charge is 2.17. The predicted octanol–water partition coefficient (Wildman–Crippen LogP) is 1.61. The summed E-state index contributed by atoms with van der Waals surface area (Å²) < 4.78 is 39.2. The van der Waals surface area contributed by atoms with Crippen molar-refractivity contribution in [3.05, 3.63) is 23.5 Å². The first-order chi connectivity index (χ1) is 6.83. The average Bonchev–Trinajstić information content (AvgIpc) is 2.07. The highest BCUT2D eigenvalue weighted by atomic mass is 35.7. The fourth-order valence-corrected chi connectivity index (χ4v) is 2.06. The first kappa shape index (κ1) is 12.1. The van der Waals surface area contributed by atoms with E-state index < -0.39 is 26.4 Å². The average molecular weight is 255 g/mol. The maximum atomic E-state index is 12.8. The van der Waals surface area contributed by atoms with Crippen LogP contribution in [0.5, 0.6) is 11.5 Å². The number of hydrogen-bond acceptors (Lipinski definition) is 4. The van der Waals surface area contributed by atoms with Gasteiger partial charge in [0, 0.05) is 22.8 Å². The molecule has 1 N–H and O–H groups in total. The molecule has 0 saturated carbocycles. The molecule has 1 aromatic rings. The zero-order chi connectivity index (χ0) is 11.6. The molecule has 84 valence electrons. The van der Waals surface area contributed by atoms with Gasteiger partial charge in [0.2, 0.25) is 9.05 Å². The lowest BCUT2D eigenvalue weighted by molar-refractivity contribution is 0.396. The van der Waals surface area contributed by atoms with Crippen LogP contribution in [0.25, 0.3) is 0 Å². The molecule has 7 heteroatoms. The van der Waals surface area contributed by atoms with Crippen molar-refractivity contribution in [2.45, 2.75) is 5.75 Å². The van der Waals surface area contributed by atoms with Gasteiger partial charge in [-0.2, -0.15) is 0 Å². The standard InChI is InChI=1S/C8H8ClFO4S/c1-14-8-3-5(10)2-7(11)6(8)4-15(9,12)13/h2-3,11H,4H2,1H3. The van der Waals surface area contributed by atoms with Gasteiger partial charge in [-0.15, -0.1) is 0 Å². The normalized spacial score (nSPS) is 11.4. The van der Waals surface area contributed by atoms with Gasteiger partial charge in [-0.05, 0) is 0 Å². The Bertz CT molecular complexity index is 472. The summed E-state index contributed by atoms with van der Waals surface area (Å²) in [6, 6.07) is 1.76. The summed E-state index contributed by atoms with van der Waals surface area (Å²) >= 11 is 0. The largest absolute Gasteiger partial charge is 0.507 e. The Labute approximate surface area is 90.7 Å². The van der Waals surface area contributed by atoms with E-state index >= 15 is 0 Å². The molecule has 0 amide bonds. The second-order valence-electron chi connectivity index (χ2n) is 2.79. The number of rotatable bonds is 3. The number of benzene rings is 1. The predicted molar refractivity (Wildman–Crippen MR) is 53.1 cm³/mol. The van der Waals surface area contributed by atoms with Crippen molar-refractivity contribution in [1.82, 2.24) is 0 Å². The number of ether oxygens (including phenoxy) is 1. The van der Waals surface area contributed by atoms with E-state index in [1.807, 2.05) is 0 Å². The Kier molecular flexibility index (Phi) is 3.41. The van der Waals surface area contributed by atoms with Crippen molar-refractivity contribution >= 4 is 19.7 Å². The first-order valence-corrected chi connectivity index (χ1v) is 6.29. The van der Waals surface area contributed by atoms with E-state index in [1.54, 1.807) is 0 Å². The van der Waals surface area contributed by atoms with E-state index in [9.17, 15) is 17.9 Å². The van der Waals surface area contributed by atoms with Crippen molar-refractivity contribution in [1.29, 1.82) is 0 Å². The zero-order valence-electron chi connectivity index (χ0n) is 7.70. The molecular weight excluding hydrogens is 247 g/mol. The SMILES string of the molecule is COc1cc(F)cc(O)c1CS(=O)(=O)Cl. The van der Waals surface area contributed by atoms with Crippen LogP contribution in [0.3, 0.4) is 0 Å². The van der Waals surface area contributed by atoms with Gasteiger partial charge in [-0.3, -0.25) is 0 Å². The van der Waals surface area contributed by atoms with Crippen LogP contribution in [0, 0.1) is 5.82 Å². The van der Waals surface area contributed by atoms with Gasteiger partial charge in [0.15, 0.2) is 0 Å². The molecule has 4 nitrogen and oxygen atoms in total. The second-order valence-corrected chi connectivity index (χ2v) is 5.57. The molecule has 0 radical (unpaired) electrons. The maximum Gasteiger partial charge on any atom is 0.237 e. The molecule has 0 spiro atoms. The van der Waals surface area contributed by atoms with Gasteiger partial charge in [0.25, 0.3) is 0 Å². The molecule has 0 aliphatic rings. The molecule has 0 bridgehead atoms. The number of phenols is 1. The minimum atomic E-state index is -3.84. The zero-order valence-corrected chi connectivity index (χ0v) is 9.27. The van der Waals surface area contributed by atoms with E-state index in [0.29, 0.717) is 0 Å². The van der Waals surface area contributed by atoms with Crippen LogP contribution < -0.4 is 4.74 Å². The first-order valence-electron chi connectivity index (χ1n) is 3.81. The number of aromatic hydroxyl groups is 1. The Balaban J connectivity index is 3.27. The van der Waals surface area contributed by atoms with Crippen molar-refractivity contribution in [3.8, 4) is 11.5 Å². The summed E-state index contributed by atoms with van der Waals surface area (Å²) in [5, 5.41) is 9.32. The molecule has 0 aliphatic heterocycles. The van der Waals surface area contributed by atoms with Crippen molar-refractivity contribution < 1.29 is 22.7 Å². The van der Waals surface area contributed by atoms with E-state index in [4.69, 9.17) is 15.4 Å². The highest BCUT2D eigenvalue weighted by Crippen LogP contribution is 2.31. The number of halogens is 2. The van der Waals surface area contributed by atoms with Gasteiger partial charge in [-0.25, -0.2) is 12.8 Å². The van der Waals surface area contributed by atoms with E-state index in [0.717, 1.165) is 12.1 Å². The van der Waals surface area contributed by atoms with Crippen molar-refractivity contribution in [3.63, 3.8) is 0 Å². The van der Waals surface area contributed by atoms with Gasteiger partial charge in [0.05, 0.1) is 18.4 Å². The quantitative estimate of drug-likeness (QED) is 0.833. The monoisotopic (exact) mass is 254 g/mol. The summed E-state index contributed by atoms with van der Waals surface area (Å²) in [6.45, 7) is 0. The molecule has 0 fully saturated rings. The lowest BCUT2D eigenvalue weighted by Crippen LogP contribution is -1.99. The van der Waals surface area contributed by atoms with Gasteiger partial charge >= 0.3 is 0 Å². The van der Waals surface area contributed by atoms with Crippen LogP contribution in [0.15, 0.2) is 12.1 Å². The topological polar surface area (TPSA) is 63.6 Å². The fraction of sp³-hybridized carbons (Fsp3) is 0.250. The Hall–Kier alpha value is -1.01. The van der Waals surface area contributed by atoms with Gasteiger partial charge in [0.1, 0.15) is 17.3 Å². The molecular formula is C8H8ClFO4S. The fourth-order valence-electron chi connectivity index (χ4n) is 1.10. The number of methoxy groups -OCH3 is 1. The Morgan fingerprint density at radius 3 is 2.60 bits per heavy atom. The van der Waals surface area contributed by atoms with Crippen LogP contribution in [0.4, 0.5) is 4.39 Å². The molecule has 1 rings (SSSR count). The maximum absolute atomic E-state index is 12.8. The Morgan fingerprint density at radius 2 is 2.13 bits per heavy atom. The molecule has 1 aromatic carbocycles. The molecule has 0 saturated heterocycles. The molecule has 15 heavy (non-hydrogen) atoms. The van der Waals surface area contributed by atoms with Crippen LogP contribution in [0.2, 0.25) is 0 Å². The highest BCUT2D eigenvalue weighted by molar-refractivity contribution is 8.13. The minimum absolute atomic E-state index is 0.0586. The molecule has 0 aliphatic carbocycles. The van der Waals surface area contributed by atoms with E-state index in [1.165, 1.54) is 7.11 Å². The third-order valence-electron chi connectivity index (χ3n) is 1.69. The molecule has 0 heterocycles. The van der Waals surface area contributed by atoms with Crippen LogP contribution in [0.1, 0.15) is 5.56 Å². The second kappa shape index (κ2) is 4.24. The number of hydrogen-bond donors (Lipinski definition) is 1. The van der Waals surface area contributed by atoms with E-state index in [2.05, 4.69) is 0 Å². The van der Waals surface area contributed by atoms with E-state index in [-0.39, 0.29) is 11.3 Å². The third-order valence-corrected chi connectivity index (χ3v) is 2.65. The lowest BCUT2D eigenvalue weighted by atomic mass is 10.2. The molecule has 0 unspecified atom stereocenters. The third kappa shape index (κ3) is 3.24. The van der Waals surface area contributed by atoms with Crippen LogP contribution in [-0.2, 0) is 14.8 Å². The van der Waals surface area contributed by atoms with Crippen molar-refractivity contribution in [2.75, 3.05) is 7.11 Å². The smallest absolute Gasteiger partial charge is 0.237 e. The van der Waals surface area contributed by atoms with Crippen LogP contribution >= 0.6 is 10.7 Å². The Morgan fingerprint density at radius 1 is 1.53 bits per heavy atom. The molecule has 0 atom stereocenters. The summed E-state index contributed by atoms with van der Waals surface area (Å²) in [5.74, 6) is -1.91. The number of phenolic OH excluding ortho intramolecular Hbond substituents is 1. The van der Waals surface area contributed by atoms with Gasteiger partial charge in [-0.1, -0.05) is 0 Å².